The Labute approximate surface area is 173 Å². The highest BCUT2D eigenvalue weighted by atomic mass is 32.2. The second kappa shape index (κ2) is 7.75. The van der Waals surface area contributed by atoms with Crippen molar-refractivity contribution in [1.82, 2.24) is 19.6 Å². The van der Waals surface area contributed by atoms with Gasteiger partial charge >= 0.3 is 0 Å². The van der Waals surface area contributed by atoms with Gasteiger partial charge in [0.15, 0.2) is 15.0 Å². The molecule has 4 rings (SSSR count). The van der Waals surface area contributed by atoms with Gasteiger partial charge in [0.05, 0.1) is 23.3 Å². The highest BCUT2D eigenvalue weighted by Gasteiger charge is 2.35. The highest BCUT2D eigenvalue weighted by molar-refractivity contribution is 7.99. The van der Waals surface area contributed by atoms with Crippen LogP contribution in [-0.2, 0) is 14.6 Å². The number of para-hydroxylation sites is 1. The lowest BCUT2D eigenvalue weighted by Gasteiger charge is -2.28. The SMILES string of the molecule is Cc1cc(C)n2c(SCC(=O)N(c3ccccc3)[C@@H]3CCS(=O)(=O)C3)nnc2n1. The second-order valence-corrected chi connectivity index (χ2v) is 10.3. The maximum atomic E-state index is 13.1. The van der Waals surface area contributed by atoms with Crippen LogP contribution in [0.1, 0.15) is 17.8 Å². The molecule has 29 heavy (non-hydrogen) atoms. The molecule has 1 saturated heterocycles. The van der Waals surface area contributed by atoms with Gasteiger partial charge < -0.3 is 4.90 Å². The first-order valence-corrected chi connectivity index (χ1v) is 12.0. The van der Waals surface area contributed by atoms with Crippen LogP contribution in [0.4, 0.5) is 5.69 Å². The van der Waals surface area contributed by atoms with Crippen LogP contribution in [0.15, 0.2) is 41.6 Å². The van der Waals surface area contributed by atoms with Gasteiger partial charge in [-0.25, -0.2) is 13.4 Å². The third-order valence-corrected chi connectivity index (χ3v) is 7.53. The zero-order valence-corrected chi connectivity index (χ0v) is 17.8. The Morgan fingerprint density at radius 1 is 1.24 bits per heavy atom. The molecule has 0 aliphatic carbocycles. The number of benzene rings is 1. The number of carbonyl (C=O) groups excluding carboxylic acids is 1. The van der Waals surface area contributed by atoms with Gasteiger partial charge in [-0.15, -0.1) is 10.2 Å². The summed E-state index contributed by atoms with van der Waals surface area (Å²) in [5.41, 5.74) is 2.50. The minimum atomic E-state index is -3.11. The molecular weight excluding hydrogens is 410 g/mol. The third kappa shape index (κ3) is 4.13. The summed E-state index contributed by atoms with van der Waals surface area (Å²) in [5, 5.41) is 8.85. The van der Waals surface area contributed by atoms with Crippen LogP contribution < -0.4 is 4.90 Å². The normalized spacial score (nSPS) is 18.2. The lowest BCUT2D eigenvalue weighted by Crippen LogP contribution is -2.42. The van der Waals surface area contributed by atoms with E-state index >= 15 is 0 Å². The Hall–Kier alpha value is -2.46. The van der Waals surface area contributed by atoms with Gasteiger partial charge in [-0.2, -0.15) is 0 Å². The van der Waals surface area contributed by atoms with Crippen LogP contribution in [0.25, 0.3) is 5.78 Å². The molecule has 0 spiro atoms. The number of aryl methyl sites for hydroxylation is 2. The monoisotopic (exact) mass is 431 g/mol. The molecule has 8 nitrogen and oxygen atoms in total. The summed E-state index contributed by atoms with van der Waals surface area (Å²) in [6.45, 7) is 3.84. The van der Waals surface area contributed by atoms with Crippen molar-refractivity contribution in [2.24, 2.45) is 0 Å². The molecule has 10 heteroatoms. The zero-order chi connectivity index (χ0) is 20.6. The molecule has 3 heterocycles. The van der Waals surface area contributed by atoms with E-state index in [1.807, 2.05) is 54.6 Å². The number of hydrogen-bond donors (Lipinski definition) is 0. The minimum absolute atomic E-state index is 0.00549. The molecule has 0 unspecified atom stereocenters. The van der Waals surface area contributed by atoms with Crippen molar-refractivity contribution in [1.29, 1.82) is 0 Å². The summed E-state index contributed by atoms with van der Waals surface area (Å²) in [4.78, 5) is 19.1. The molecule has 1 aliphatic rings. The van der Waals surface area contributed by atoms with Crippen LogP contribution in [0.2, 0.25) is 0 Å². The largest absolute Gasteiger partial charge is 0.308 e. The summed E-state index contributed by atoms with van der Waals surface area (Å²) < 4.78 is 25.8. The molecular formula is C19H21N5O3S2. The van der Waals surface area contributed by atoms with Crippen LogP contribution in [0.3, 0.4) is 0 Å². The fraction of sp³-hybridized carbons (Fsp3) is 0.368. The summed E-state index contributed by atoms with van der Waals surface area (Å²) in [5.74, 6) is 0.575. The number of rotatable bonds is 5. The van der Waals surface area contributed by atoms with Gasteiger partial charge in [-0.05, 0) is 38.5 Å². The fourth-order valence-corrected chi connectivity index (χ4v) is 6.16. The summed E-state index contributed by atoms with van der Waals surface area (Å²) in [6, 6.07) is 10.8. The molecule has 1 aliphatic heterocycles. The molecule has 1 aromatic carbocycles. The van der Waals surface area contributed by atoms with Gasteiger partial charge in [0.2, 0.25) is 5.91 Å². The predicted molar refractivity (Wildman–Crippen MR) is 112 cm³/mol. The highest BCUT2D eigenvalue weighted by Crippen LogP contribution is 2.27. The van der Waals surface area contributed by atoms with Crippen molar-refractivity contribution < 1.29 is 13.2 Å². The average molecular weight is 432 g/mol. The Morgan fingerprint density at radius 3 is 2.69 bits per heavy atom. The van der Waals surface area contributed by atoms with Crippen LogP contribution >= 0.6 is 11.8 Å². The first kappa shape index (κ1) is 19.8. The molecule has 1 fully saturated rings. The number of thioether (sulfide) groups is 1. The van der Waals surface area contributed by atoms with Crippen molar-refractivity contribution in [2.45, 2.75) is 31.5 Å². The molecule has 1 atom stereocenters. The number of anilines is 1. The number of hydrogen-bond acceptors (Lipinski definition) is 7. The van der Waals surface area contributed by atoms with E-state index in [1.54, 1.807) is 4.90 Å². The maximum Gasteiger partial charge on any atom is 0.256 e. The van der Waals surface area contributed by atoms with Crippen molar-refractivity contribution in [3.05, 3.63) is 47.8 Å². The van der Waals surface area contributed by atoms with E-state index in [0.29, 0.717) is 23.0 Å². The molecule has 0 saturated carbocycles. The first-order valence-electron chi connectivity index (χ1n) is 9.24. The van der Waals surface area contributed by atoms with Crippen LogP contribution in [-0.4, -0.2) is 57.2 Å². The molecule has 0 N–H and O–H groups in total. The fourth-order valence-electron chi connectivity index (χ4n) is 3.62. The van der Waals surface area contributed by atoms with E-state index in [1.165, 1.54) is 11.8 Å². The van der Waals surface area contributed by atoms with Gasteiger partial charge in [-0.1, -0.05) is 30.0 Å². The Balaban J connectivity index is 1.58. The van der Waals surface area contributed by atoms with Crippen LogP contribution in [0, 0.1) is 13.8 Å². The minimum Gasteiger partial charge on any atom is -0.308 e. The van der Waals surface area contributed by atoms with Crippen molar-refractivity contribution >= 4 is 39.0 Å². The van der Waals surface area contributed by atoms with E-state index in [2.05, 4.69) is 15.2 Å². The summed E-state index contributed by atoms with van der Waals surface area (Å²) in [7, 11) is -3.11. The number of fused-ring (bicyclic) bond motifs is 1. The topological polar surface area (TPSA) is 97.5 Å². The Bertz CT molecular complexity index is 1160. The van der Waals surface area contributed by atoms with E-state index in [4.69, 9.17) is 0 Å². The van der Waals surface area contributed by atoms with Gasteiger partial charge in [0.25, 0.3) is 5.78 Å². The number of amides is 1. The number of sulfone groups is 1. The van der Waals surface area contributed by atoms with Crippen molar-refractivity contribution in [3.8, 4) is 0 Å². The van der Waals surface area contributed by atoms with Crippen molar-refractivity contribution in [3.63, 3.8) is 0 Å². The third-order valence-electron chi connectivity index (χ3n) is 4.86. The summed E-state index contributed by atoms with van der Waals surface area (Å²) >= 11 is 1.28. The Morgan fingerprint density at radius 2 is 2.00 bits per heavy atom. The number of aromatic nitrogens is 4. The molecule has 0 radical (unpaired) electrons. The quantitative estimate of drug-likeness (QED) is 0.570. The first-order chi connectivity index (χ1) is 13.8. The standard InChI is InChI=1S/C19H21N5O3S2/c1-13-10-14(2)23-18(20-13)21-22-19(23)28-11-17(25)24(15-6-4-3-5-7-15)16-8-9-29(26,27)12-16/h3-7,10,16H,8-9,11-12H2,1-2H3/t16-/m1/s1. The second-order valence-electron chi connectivity index (χ2n) is 7.10. The lowest BCUT2D eigenvalue weighted by molar-refractivity contribution is -0.116. The number of carbonyl (C=O) groups is 1. The maximum absolute atomic E-state index is 13.1. The van der Waals surface area contributed by atoms with Gasteiger partial charge in [0, 0.05) is 17.1 Å². The van der Waals surface area contributed by atoms with E-state index in [0.717, 1.165) is 11.4 Å². The van der Waals surface area contributed by atoms with Gasteiger partial charge in [-0.3, -0.25) is 9.20 Å². The molecule has 1 amide bonds. The number of nitrogens with zero attached hydrogens (tertiary/aromatic N) is 5. The van der Waals surface area contributed by atoms with Crippen LogP contribution in [0.5, 0.6) is 0 Å². The molecule has 3 aromatic rings. The summed E-state index contributed by atoms with van der Waals surface area (Å²) in [6.07, 6.45) is 0.448. The average Bonchev–Trinajstić information content (AvgIpc) is 3.24. The lowest BCUT2D eigenvalue weighted by atomic mass is 10.2. The van der Waals surface area contributed by atoms with E-state index in [9.17, 15) is 13.2 Å². The smallest absolute Gasteiger partial charge is 0.256 e. The predicted octanol–water partition coefficient (Wildman–Crippen LogP) is 2.05. The zero-order valence-electron chi connectivity index (χ0n) is 16.1. The Kier molecular flexibility index (Phi) is 5.30. The molecule has 0 bridgehead atoms. The molecule has 152 valence electrons. The van der Waals surface area contributed by atoms with Crippen molar-refractivity contribution in [2.75, 3.05) is 22.2 Å². The van der Waals surface area contributed by atoms with E-state index in [-0.39, 0.29) is 29.2 Å². The van der Waals surface area contributed by atoms with E-state index < -0.39 is 9.84 Å². The molecule has 2 aromatic heterocycles. The van der Waals surface area contributed by atoms with Gasteiger partial charge in [0.1, 0.15) is 0 Å².